The molecule has 0 radical (unpaired) electrons. The third-order valence-corrected chi connectivity index (χ3v) is 4.92. The standard InChI is InChI=1S/C21H19BrN6O3/c1-2-31-21(30)17-12-25-28-18(6-8-23-20(17)28)14-4-3-5-16(10-14)26-19(29)7-9-27-13-15(22)11-24-27/h3-6,8,10-13H,2,7,9H2,1H3,(H,26,29). The highest BCUT2D eigenvalue weighted by Crippen LogP contribution is 2.24. The van der Waals surface area contributed by atoms with E-state index < -0.39 is 5.97 Å². The van der Waals surface area contributed by atoms with Crippen molar-refractivity contribution in [3.8, 4) is 11.3 Å². The molecule has 0 atom stereocenters. The number of carbonyl (C=O) groups excluding carboxylic acids is 2. The molecular weight excluding hydrogens is 464 g/mol. The van der Waals surface area contributed by atoms with Crippen molar-refractivity contribution in [1.29, 1.82) is 0 Å². The van der Waals surface area contributed by atoms with Crippen molar-refractivity contribution < 1.29 is 14.3 Å². The predicted octanol–water partition coefficient (Wildman–Crippen LogP) is 3.56. The average molecular weight is 483 g/mol. The number of esters is 1. The molecule has 158 valence electrons. The van der Waals surface area contributed by atoms with E-state index in [9.17, 15) is 9.59 Å². The quantitative estimate of drug-likeness (QED) is 0.404. The highest BCUT2D eigenvalue weighted by molar-refractivity contribution is 9.10. The van der Waals surface area contributed by atoms with Gasteiger partial charge in [-0.15, -0.1) is 0 Å². The smallest absolute Gasteiger partial charge is 0.343 e. The van der Waals surface area contributed by atoms with Crippen LogP contribution in [0.4, 0.5) is 5.69 Å². The predicted molar refractivity (Wildman–Crippen MR) is 118 cm³/mol. The maximum Gasteiger partial charge on any atom is 0.343 e. The van der Waals surface area contributed by atoms with Gasteiger partial charge in [-0.3, -0.25) is 9.48 Å². The summed E-state index contributed by atoms with van der Waals surface area (Å²) in [6, 6.07) is 9.21. The van der Waals surface area contributed by atoms with E-state index in [1.807, 2.05) is 30.5 Å². The van der Waals surface area contributed by atoms with Gasteiger partial charge in [-0.2, -0.15) is 10.2 Å². The molecule has 1 amide bonds. The minimum Gasteiger partial charge on any atom is -0.462 e. The Balaban J connectivity index is 1.53. The molecule has 4 aromatic rings. The lowest BCUT2D eigenvalue weighted by Crippen LogP contribution is -2.14. The number of hydrogen-bond acceptors (Lipinski definition) is 6. The summed E-state index contributed by atoms with van der Waals surface area (Å²) in [5.41, 5.74) is 2.93. The third kappa shape index (κ3) is 4.64. The van der Waals surface area contributed by atoms with E-state index in [4.69, 9.17) is 4.74 Å². The van der Waals surface area contributed by atoms with Crippen molar-refractivity contribution in [3.05, 3.63) is 65.2 Å². The van der Waals surface area contributed by atoms with Crippen LogP contribution in [-0.2, 0) is 16.1 Å². The molecule has 9 nitrogen and oxygen atoms in total. The zero-order valence-corrected chi connectivity index (χ0v) is 18.2. The lowest BCUT2D eigenvalue weighted by Gasteiger charge is -2.09. The Morgan fingerprint density at radius 2 is 2.06 bits per heavy atom. The number of amides is 1. The van der Waals surface area contributed by atoms with Crippen LogP contribution in [0.5, 0.6) is 0 Å². The Labute approximate surface area is 186 Å². The number of aryl methyl sites for hydroxylation is 1. The fourth-order valence-corrected chi connectivity index (χ4v) is 3.45. The normalized spacial score (nSPS) is 10.9. The lowest BCUT2D eigenvalue weighted by molar-refractivity contribution is -0.116. The molecule has 3 heterocycles. The molecular formula is C21H19BrN6O3. The van der Waals surface area contributed by atoms with E-state index in [-0.39, 0.29) is 12.5 Å². The zero-order valence-electron chi connectivity index (χ0n) is 16.7. The first-order valence-corrected chi connectivity index (χ1v) is 10.4. The number of anilines is 1. The van der Waals surface area contributed by atoms with Gasteiger partial charge in [0.15, 0.2) is 5.65 Å². The Kier molecular flexibility index (Phi) is 6.08. The van der Waals surface area contributed by atoms with Crippen LogP contribution >= 0.6 is 15.9 Å². The topological polar surface area (TPSA) is 103 Å². The summed E-state index contributed by atoms with van der Waals surface area (Å²) in [6.45, 7) is 2.50. The van der Waals surface area contributed by atoms with Gasteiger partial charge in [0.25, 0.3) is 0 Å². The molecule has 0 aliphatic rings. The second kappa shape index (κ2) is 9.09. The van der Waals surface area contributed by atoms with Crippen molar-refractivity contribution in [2.24, 2.45) is 0 Å². The fourth-order valence-electron chi connectivity index (χ4n) is 3.12. The number of nitrogens with zero attached hydrogens (tertiary/aromatic N) is 5. The summed E-state index contributed by atoms with van der Waals surface area (Å²) in [4.78, 5) is 28.8. The van der Waals surface area contributed by atoms with Crippen LogP contribution in [0.1, 0.15) is 23.7 Å². The van der Waals surface area contributed by atoms with Gasteiger partial charge >= 0.3 is 5.97 Å². The first-order chi connectivity index (χ1) is 15.0. The highest BCUT2D eigenvalue weighted by Gasteiger charge is 2.17. The molecule has 31 heavy (non-hydrogen) atoms. The molecule has 0 fully saturated rings. The van der Waals surface area contributed by atoms with Gasteiger partial charge in [0.05, 0.1) is 29.2 Å². The van der Waals surface area contributed by atoms with Crippen LogP contribution in [0.2, 0.25) is 0 Å². The first-order valence-electron chi connectivity index (χ1n) is 9.63. The highest BCUT2D eigenvalue weighted by atomic mass is 79.9. The number of rotatable bonds is 7. The summed E-state index contributed by atoms with van der Waals surface area (Å²) in [5.74, 6) is -0.584. The van der Waals surface area contributed by atoms with Crippen molar-refractivity contribution in [2.75, 3.05) is 11.9 Å². The van der Waals surface area contributed by atoms with Crippen LogP contribution in [0.3, 0.4) is 0 Å². The van der Waals surface area contributed by atoms with E-state index in [1.54, 1.807) is 34.6 Å². The number of aromatic nitrogens is 5. The second-order valence-corrected chi connectivity index (χ2v) is 7.56. The third-order valence-electron chi connectivity index (χ3n) is 4.51. The van der Waals surface area contributed by atoms with Crippen LogP contribution in [0.25, 0.3) is 16.9 Å². The molecule has 10 heteroatoms. The Morgan fingerprint density at radius 1 is 1.19 bits per heavy atom. The molecule has 4 rings (SSSR count). The molecule has 3 aromatic heterocycles. The lowest BCUT2D eigenvalue weighted by atomic mass is 10.1. The van der Waals surface area contributed by atoms with Gasteiger partial charge in [-0.05, 0) is 41.1 Å². The minimum absolute atomic E-state index is 0.118. The molecule has 0 bridgehead atoms. The van der Waals surface area contributed by atoms with Crippen molar-refractivity contribution in [2.45, 2.75) is 19.9 Å². The number of halogens is 1. The molecule has 0 spiro atoms. The number of ether oxygens (including phenoxy) is 1. The monoisotopic (exact) mass is 482 g/mol. The largest absolute Gasteiger partial charge is 0.462 e. The SMILES string of the molecule is CCOC(=O)c1cnn2c(-c3cccc(NC(=O)CCn4cc(Br)cn4)c3)ccnc12. The molecule has 0 unspecified atom stereocenters. The van der Waals surface area contributed by atoms with Gasteiger partial charge in [0.2, 0.25) is 5.91 Å². The van der Waals surface area contributed by atoms with E-state index in [1.165, 1.54) is 6.20 Å². The van der Waals surface area contributed by atoms with Crippen molar-refractivity contribution in [1.82, 2.24) is 24.4 Å². The summed E-state index contributed by atoms with van der Waals surface area (Å²) in [5, 5.41) is 11.4. The fraction of sp³-hybridized carbons (Fsp3) is 0.190. The average Bonchev–Trinajstić information content (AvgIpc) is 3.38. The van der Waals surface area contributed by atoms with Crippen LogP contribution < -0.4 is 5.32 Å². The van der Waals surface area contributed by atoms with Gasteiger partial charge in [-0.25, -0.2) is 14.3 Å². The number of nitrogens with one attached hydrogen (secondary N) is 1. The summed E-state index contributed by atoms with van der Waals surface area (Å²) in [6.07, 6.45) is 6.85. The number of carbonyl (C=O) groups is 2. The number of hydrogen-bond donors (Lipinski definition) is 1. The molecule has 0 saturated carbocycles. The number of benzene rings is 1. The Hall–Kier alpha value is -3.53. The molecule has 1 N–H and O–H groups in total. The molecule has 0 aliphatic heterocycles. The van der Waals surface area contributed by atoms with Gasteiger partial charge in [0.1, 0.15) is 5.56 Å². The maximum atomic E-state index is 12.3. The molecule has 0 aliphatic carbocycles. The van der Waals surface area contributed by atoms with Gasteiger partial charge in [0, 0.05) is 36.6 Å². The summed E-state index contributed by atoms with van der Waals surface area (Å²) >= 11 is 3.34. The minimum atomic E-state index is -0.465. The first kappa shape index (κ1) is 20.7. The van der Waals surface area contributed by atoms with Gasteiger partial charge < -0.3 is 10.1 Å². The van der Waals surface area contributed by atoms with Crippen molar-refractivity contribution >= 4 is 39.1 Å². The van der Waals surface area contributed by atoms with E-state index in [0.29, 0.717) is 29.9 Å². The van der Waals surface area contributed by atoms with E-state index in [2.05, 4.69) is 36.4 Å². The van der Waals surface area contributed by atoms with E-state index in [0.717, 1.165) is 15.7 Å². The van der Waals surface area contributed by atoms with E-state index >= 15 is 0 Å². The molecule has 1 aromatic carbocycles. The summed E-state index contributed by atoms with van der Waals surface area (Å²) < 4.78 is 9.23. The second-order valence-electron chi connectivity index (χ2n) is 6.64. The van der Waals surface area contributed by atoms with Crippen LogP contribution in [0, 0.1) is 0 Å². The summed E-state index contributed by atoms with van der Waals surface area (Å²) in [7, 11) is 0. The maximum absolute atomic E-state index is 12.3. The van der Waals surface area contributed by atoms with Crippen LogP contribution in [-0.4, -0.2) is 42.9 Å². The Bertz CT molecular complexity index is 1250. The van der Waals surface area contributed by atoms with Crippen LogP contribution in [0.15, 0.2) is 59.6 Å². The van der Waals surface area contributed by atoms with Gasteiger partial charge in [-0.1, -0.05) is 12.1 Å². The van der Waals surface area contributed by atoms with Crippen molar-refractivity contribution in [3.63, 3.8) is 0 Å². The Morgan fingerprint density at radius 3 is 2.84 bits per heavy atom. The number of fused-ring (bicyclic) bond motifs is 1. The molecule has 0 saturated heterocycles. The zero-order chi connectivity index (χ0) is 21.8.